The van der Waals surface area contributed by atoms with Crippen LogP contribution < -0.4 is 14.8 Å². The van der Waals surface area contributed by atoms with Gasteiger partial charge in [-0.1, -0.05) is 19.9 Å². The summed E-state index contributed by atoms with van der Waals surface area (Å²) in [6.07, 6.45) is 3.73. The van der Waals surface area contributed by atoms with Gasteiger partial charge in [0, 0.05) is 12.6 Å². The molecule has 1 fully saturated rings. The molecule has 2 rings (SSSR count). The van der Waals surface area contributed by atoms with Crippen LogP contribution in [0.25, 0.3) is 0 Å². The second-order valence-electron chi connectivity index (χ2n) is 6.86. The van der Waals surface area contributed by atoms with Gasteiger partial charge in [0.25, 0.3) is 5.91 Å². The SMILES string of the molecule is CC[C@H](Oc1cccc(OC)c1)C(=O)NCCCN1CCC(C)CC1. The van der Waals surface area contributed by atoms with Crippen molar-refractivity contribution >= 4 is 5.91 Å². The predicted octanol–water partition coefficient (Wildman–Crippen LogP) is 3.09. The van der Waals surface area contributed by atoms with Gasteiger partial charge in [-0.2, -0.15) is 0 Å². The number of hydrogen-bond donors (Lipinski definition) is 1. The number of nitrogens with zero attached hydrogens (tertiary/aromatic N) is 1. The summed E-state index contributed by atoms with van der Waals surface area (Å²) in [5.74, 6) is 2.19. The number of benzene rings is 1. The lowest BCUT2D eigenvalue weighted by Crippen LogP contribution is -2.40. The van der Waals surface area contributed by atoms with Crippen molar-refractivity contribution in [1.82, 2.24) is 10.2 Å². The largest absolute Gasteiger partial charge is 0.497 e. The molecular formula is C20H32N2O3. The standard InChI is InChI=1S/C20H32N2O3/c1-4-19(25-18-8-5-7-17(15-18)24-3)20(23)21-11-6-12-22-13-9-16(2)10-14-22/h5,7-8,15-16,19H,4,6,9-14H2,1-3H3,(H,21,23)/t19-/m0/s1. The van der Waals surface area contributed by atoms with Crippen molar-refractivity contribution in [3.63, 3.8) is 0 Å². The van der Waals surface area contributed by atoms with Gasteiger partial charge < -0.3 is 19.7 Å². The molecule has 1 aliphatic rings. The van der Waals surface area contributed by atoms with E-state index >= 15 is 0 Å². The summed E-state index contributed by atoms with van der Waals surface area (Å²) in [6, 6.07) is 7.36. The van der Waals surface area contributed by atoms with E-state index < -0.39 is 6.10 Å². The van der Waals surface area contributed by atoms with E-state index in [-0.39, 0.29) is 5.91 Å². The van der Waals surface area contributed by atoms with Crippen LogP contribution in [0.15, 0.2) is 24.3 Å². The van der Waals surface area contributed by atoms with Crippen LogP contribution in [0.4, 0.5) is 0 Å². The molecule has 0 unspecified atom stereocenters. The topological polar surface area (TPSA) is 50.8 Å². The first-order valence-electron chi connectivity index (χ1n) is 9.43. The minimum atomic E-state index is -0.469. The summed E-state index contributed by atoms with van der Waals surface area (Å²) in [7, 11) is 1.62. The normalized spacial score (nSPS) is 17.1. The highest BCUT2D eigenvalue weighted by atomic mass is 16.5. The maximum absolute atomic E-state index is 12.3. The number of carbonyl (C=O) groups is 1. The molecule has 1 aliphatic heterocycles. The van der Waals surface area contributed by atoms with Crippen LogP contribution in [0.5, 0.6) is 11.5 Å². The summed E-state index contributed by atoms with van der Waals surface area (Å²) in [5, 5.41) is 3.01. The Bertz CT molecular complexity index is 527. The predicted molar refractivity (Wildman–Crippen MR) is 100 cm³/mol. The molecule has 0 radical (unpaired) electrons. The Labute approximate surface area is 151 Å². The van der Waals surface area contributed by atoms with Crippen LogP contribution in [0, 0.1) is 5.92 Å². The Morgan fingerprint density at radius 1 is 1.32 bits per heavy atom. The van der Waals surface area contributed by atoms with E-state index in [1.807, 2.05) is 25.1 Å². The summed E-state index contributed by atoms with van der Waals surface area (Å²) in [5.41, 5.74) is 0. The number of ether oxygens (including phenoxy) is 2. The summed E-state index contributed by atoms with van der Waals surface area (Å²) in [6.45, 7) is 8.41. The molecule has 0 spiro atoms. The number of nitrogens with one attached hydrogen (secondary N) is 1. The molecule has 140 valence electrons. The quantitative estimate of drug-likeness (QED) is 0.697. The van der Waals surface area contributed by atoms with Crippen molar-refractivity contribution in [3.05, 3.63) is 24.3 Å². The molecular weight excluding hydrogens is 316 g/mol. The first-order valence-corrected chi connectivity index (χ1v) is 9.43. The third-order valence-corrected chi connectivity index (χ3v) is 4.81. The van der Waals surface area contributed by atoms with E-state index in [1.165, 1.54) is 25.9 Å². The molecule has 1 aromatic rings. The minimum absolute atomic E-state index is 0.0439. The second-order valence-corrected chi connectivity index (χ2v) is 6.86. The molecule has 5 nitrogen and oxygen atoms in total. The zero-order chi connectivity index (χ0) is 18.1. The van der Waals surface area contributed by atoms with E-state index in [1.54, 1.807) is 13.2 Å². The highest BCUT2D eigenvalue weighted by Gasteiger charge is 2.19. The van der Waals surface area contributed by atoms with Crippen LogP contribution in [-0.2, 0) is 4.79 Å². The van der Waals surface area contributed by atoms with Crippen LogP contribution in [-0.4, -0.2) is 50.2 Å². The molecule has 0 bridgehead atoms. The van der Waals surface area contributed by atoms with Crippen molar-refractivity contribution in [2.75, 3.05) is 33.3 Å². The van der Waals surface area contributed by atoms with Crippen molar-refractivity contribution in [1.29, 1.82) is 0 Å². The van der Waals surface area contributed by atoms with Gasteiger partial charge >= 0.3 is 0 Å². The van der Waals surface area contributed by atoms with Crippen LogP contribution in [0.3, 0.4) is 0 Å². The van der Waals surface area contributed by atoms with Crippen LogP contribution in [0.2, 0.25) is 0 Å². The number of methoxy groups -OCH3 is 1. The molecule has 25 heavy (non-hydrogen) atoms. The van der Waals surface area contributed by atoms with Crippen LogP contribution >= 0.6 is 0 Å². The fourth-order valence-electron chi connectivity index (χ4n) is 3.07. The van der Waals surface area contributed by atoms with E-state index in [0.29, 0.717) is 18.7 Å². The van der Waals surface area contributed by atoms with Crippen molar-refractivity contribution < 1.29 is 14.3 Å². The summed E-state index contributed by atoms with van der Waals surface area (Å²) in [4.78, 5) is 14.8. The Balaban J connectivity index is 1.70. The van der Waals surface area contributed by atoms with Crippen molar-refractivity contribution in [2.24, 2.45) is 5.92 Å². The zero-order valence-corrected chi connectivity index (χ0v) is 15.8. The fourth-order valence-corrected chi connectivity index (χ4v) is 3.07. The molecule has 1 N–H and O–H groups in total. The third kappa shape index (κ3) is 6.58. The van der Waals surface area contributed by atoms with Crippen LogP contribution in [0.1, 0.15) is 39.5 Å². The Morgan fingerprint density at radius 2 is 2.04 bits per heavy atom. The molecule has 1 aromatic carbocycles. The number of hydrogen-bond acceptors (Lipinski definition) is 4. The lowest BCUT2D eigenvalue weighted by molar-refractivity contribution is -0.128. The Hall–Kier alpha value is -1.75. The summed E-state index contributed by atoms with van der Waals surface area (Å²) < 4.78 is 11.0. The molecule has 5 heteroatoms. The second kappa shape index (κ2) is 10.3. The third-order valence-electron chi connectivity index (χ3n) is 4.81. The van der Waals surface area contributed by atoms with E-state index in [9.17, 15) is 4.79 Å². The van der Waals surface area contributed by atoms with Gasteiger partial charge in [0.1, 0.15) is 11.5 Å². The average Bonchev–Trinajstić information content (AvgIpc) is 2.64. The molecule has 1 amide bonds. The van der Waals surface area contributed by atoms with Gasteiger partial charge in [0.05, 0.1) is 7.11 Å². The van der Waals surface area contributed by atoms with Crippen molar-refractivity contribution in [3.8, 4) is 11.5 Å². The number of piperidine rings is 1. The summed E-state index contributed by atoms with van der Waals surface area (Å²) >= 11 is 0. The smallest absolute Gasteiger partial charge is 0.261 e. The molecule has 0 aromatic heterocycles. The highest BCUT2D eigenvalue weighted by Crippen LogP contribution is 2.20. The van der Waals surface area contributed by atoms with Gasteiger partial charge in [-0.15, -0.1) is 0 Å². The van der Waals surface area contributed by atoms with E-state index in [0.717, 1.165) is 24.6 Å². The lowest BCUT2D eigenvalue weighted by atomic mass is 9.99. The lowest BCUT2D eigenvalue weighted by Gasteiger charge is -2.30. The maximum Gasteiger partial charge on any atom is 0.261 e. The van der Waals surface area contributed by atoms with Gasteiger partial charge in [0.15, 0.2) is 6.10 Å². The molecule has 0 aliphatic carbocycles. The van der Waals surface area contributed by atoms with Crippen molar-refractivity contribution in [2.45, 2.75) is 45.6 Å². The van der Waals surface area contributed by atoms with Gasteiger partial charge in [-0.3, -0.25) is 4.79 Å². The molecule has 1 heterocycles. The monoisotopic (exact) mass is 348 g/mol. The molecule has 1 saturated heterocycles. The first kappa shape index (κ1) is 19.6. The van der Waals surface area contributed by atoms with Gasteiger partial charge in [-0.05, 0) is 63.4 Å². The first-order chi connectivity index (χ1) is 12.1. The molecule has 1 atom stereocenters. The molecule has 0 saturated carbocycles. The zero-order valence-electron chi connectivity index (χ0n) is 15.8. The van der Waals surface area contributed by atoms with Gasteiger partial charge in [-0.25, -0.2) is 0 Å². The fraction of sp³-hybridized carbons (Fsp3) is 0.650. The Kier molecular flexibility index (Phi) is 8.06. The van der Waals surface area contributed by atoms with E-state index in [2.05, 4.69) is 17.1 Å². The number of amides is 1. The average molecular weight is 348 g/mol. The number of carbonyl (C=O) groups excluding carboxylic acids is 1. The van der Waals surface area contributed by atoms with E-state index in [4.69, 9.17) is 9.47 Å². The van der Waals surface area contributed by atoms with Gasteiger partial charge in [0.2, 0.25) is 0 Å². The maximum atomic E-state index is 12.3. The Morgan fingerprint density at radius 3 is 2.72 bits per heavy atom. The minimum Gasteiger partial charge on any atom is -0.497 e. The number of rotatable bonds is 9. The number of likely N-dealkylation sites (tertiary alicyclic amines) is 1. The highest BCUT2D eigenvalue weighted by molar-refractivity contribution is 5.81.